The highest BCUT2D eigenvalue weighted by Crippen LogP contribution is 2.03. The lowest BCUT2D eigenvalue weighted by Crippen LogP contribution is -1.79. The normalized spacial score (nSPS) is 10.0. The van der Waals surface area contributed by atoms with Crippen molar-refractivity contribution >= 4 is 6.08 Å². The van der Waals surface area contributed by atoms with Crippen molar-refractivity contribution in [2.75, 3.05) is 0 Å². The fourth-order valence-corrected chi connectivity index (χ4v) is 1.12. The Morgan fingerprint density at radius 1 is 1.33 bits per heavy atom. The van der Waals surface area contributed by atoms with Gasteiger partial charge in [-0.3, -0.25) is 4.98 Å². The fourth-order valence-electron chi connectivity index (χ4n) is 1.12. The summed E-state index contributed by atoms with van der Waals surface area (Å²) in [6.45, 7) is 7.67. The second-order valence-corrected chi connectivity index (χ2v) is 3.26. The molecule has 1 aromatic rings. The topological polar surface area (TPSA) is 28.7 Å². The van der Waals surface area contributed by atoms with Crippen LogP contribution in [0, 0.1) is 13.8 Å². The number of nitrogens with one attached hydrogen (secondary N) is 1. The summed E-state index contributed by atoms with van der Waals surface area (Å²) < 4.78 is 0. The maximum Gasteiger partial charge on any atom is 0.0431 e. The van der Waals surface area contributed by atoms with Crippen molar-refractivity contribution in [3.63, 3.8) is 0 Å². The van der Waals surface area contributed by atoms with E-state index < -0.39 is 0 Å². The minimum atomic E-state index is 0.987. The van der Waals surface area contributed by atoms with E-state index in [1.807, 2.05) is 37.4 Å². The molecule has 1 N–H and O–H groups in total. The molecule has 0 atom stereocenters. The summed E-state index contributed by atoms with van der Waals surface area (Å²) in [5.74, 6) is 0. The maximum absolute atomic E-state index is 4.21. The molecule has 1 rings (SSSR count). The summed E-state index contributed by atoms with van der Waals surface area (Å²) in [6.07, 6.45) is 9.21. The van der Waals surface area contributed by atoms with Crippen LogP contribution < -0.4 is 0 Å². The number of aromatic amines is 1. The molecule has 0 saturated carbocycles. The highest BCUT2D eigenvalue weighted by molar-refractivity contribution is 5.49. The van der Waals surface area contributed by atoms with E-state index in [-0.39, 0.29) is 0 Å². The van der Waals surface area contributed by atoms with Crippen molar-refractivity contribution in [2.24, 2.45) is 0 Å². The van der Waals surface area contributed by atoms with Crippen molar-refractivity contribution in [3.8, 4) is 0 Å². The Morgan fingerprint density at radius 2 is 2.13 bits per heavy atom. The van der Waals surface area contributed by atoms with E-state index in [1.165, 1.54) is 0 Å². The lowest BCUT2D eigenvalue weighted by molar-refractivity contribution is 1.20. The molecule has 0 radical (unpaired) electrons. The standard InChI is InChI=1S/C13H16N2/c1-4-5-6-13-11(2)7-8-12(3)14-9-10-15-13/h4-10,15H,1H2,2-3H3/b6-5-,8-7?,10-9?,13-11?,14-12?. The summed E-state index contributed by atoms with van der Waals surface area (Å²) in [5, 5.41) is 0. The zero-order chi connectivity index (χ0) is 11.1. The second kappa shape index (κ2) is 5.81. The molecule has 0 aliphatic rings. The molecule has 0 bridgehead atoms. The molecule has 0 aromatic carbocycles. The Kier molecular flexibility index (Phi) is 4.35. The highest BCUT2D eigenvalue weighted by atomic mass is 14.7. The molecule has 0 saturated heterocycles. The molecule has 0 aliphatic heterocycles. The van der Waals surface area contributed by atoms with Gasteiger partial charge in [0.15, 0.2) is 0 Å². The SMILES string of the molecule is C=C/C=C\c1[nH]ccnc(C)ccc1C. The lowest BCUT2D eigenvalue weighted by Gasteiger charge is -1.93. The molecule has 0 aliphatic carbocycles. The second-order valence-electron chi connectivity index (χ2n) is 3.26. The van der Waals surface area contributed by atoms with Crippen molar-refractivity contribution in [3.05, 3.63) is 60.2 Å². The van der Waals surface area contributed by atoms with E-state index in [0.717, 1.165) is 17.0 Å². The van der Waals surface area contributed by atoms with Crippen LogP contribution in [0.3, 0.4) is 0 Å². The summed E-state index contributed by atoms with van der Waals surface area (Å²) in [6, 6.07) is 4.04. The van der Waals surface area contributed by atoms with E-state index >= 15 is 0 Å². The average molecular weight is 200 g/mol. The molecule has 15 heavy (non-hydrogen) atoms. The van der Waals surface area contributed by atoms with Gasteiger partial charge in [-0.25, -0.2) is 0 Å². The molecule has 1 aromatic heterocycles. The third kappa shape index (κ3) is 3.81. The van der Waals surface area contributed by atoms with Gasteiger partial charge in [0.1, 0.15) is 0 Å². The maximum atomic E-state index is 4.21. The van der Waals surface area contributed by atoms with E-state index in [1.54, 1.807) is 12.3 Å². The smallest absolute Gasteiger partial charge is 0.0431 e. The summed E-state index contributed by atoms with van der Waals surface area (Å²) in [5.41, 5.74) is 3.20. The summed E-state index contributed by atoms with van der Waals surface area (Å²) >= 11 is 0. The molecule has 0 spiro atoms. The largest absolute Gasteiger partial charge is 0.360 e. The van der Waals surface area contributed by atoms with Crippen LogP contribution in [0.25, 0.3) is 6.08 Å². The predicted molar refractivity (Wildman–Crippen MR) is 64.9 cm³/mol. The number of hydrogen-bond acceptors (Lipinski definition) is 1. The van der Waals surface area contributed by atoms with Gasteiger partial charge in [-0.2, -0.15) is 0 Å². The number of allylic oxidation sites excluding steroid dienone is 2. The van der Waals surface area contributed by atoms with Gasteiger partial charge in [-0.1, -0.05) is 24.8 Å². The van der Waals surface area contributed by atoms with Crippen LogP contribution >= 0.6 is 0 Å². The third-order valence-electron chi connectivity index (χ3n) is 1.99. The van der Waals surface area contributed by atoms with Crippen LogP contribution in [-0.4, -0.2) is 9.97 Å². The molecular weight excluding hydrogens is 184 g/mol. The Bertz CT molecular complexity index is 413. The van der Waals surface area contributed by atoms with Crippen molar-refractivity contribution in [1.82, 2.24) is 9.97 Å². The van der Waals surface area contributed by atoms with Crippen molar-refractivity contribution in [2.45, 2.75) is 13.8 Å². The van der Waals surface area contributed by atoms with Gasteiger partial charge in [-0.05, 0) is 31.6 Å². The van der Waals surface area contributed by atoms with Gasteiger partial charge in [0, 0.05) is 23.8 Å². The summed E-state index contributed by atoms with van der Waals surface area (Å²) in [4.78, 5) is 7.38. The van der Waals surface area contributed by atoms with Gasteiger partial charge < -0.3 is 4.98 Å². The number of nitrogens with zero attached hydrogens (tertiary/aromatic N) is 1. The molecule has 2 heteroatoms. The molecule has 2 nitrogen and oxygen atoms in total. The monoisotopic (exact) mass is 200 g/mol. The van der Waals surface area contributed by atoms with E-state index in [0.29, 0.717) is 0 Å². The Balaban J connectivity index is 3.29. The van der Waals surface area contributed by atoms with E-state index in [4.69, 9.17) is 0 Å². The Hall–Kier alpha value is -1.83. The number of rotatable bonds is 2. The van der Waals surface area contributed by atoms with E-state index in [2.05, 4.69) is 23.5 Å². The molecule has 0 fully saturated rings. The average Bonchev–Trinajstić information content (AvgIpc) is 2.30. The zero-order valence-corrected chi connectivity index (χ0v) is 9.20. The first kappa shape index (κ1) is 11.2. The predicted octanol–water partition coefficient (Wildman–Crippen LogP) is 3.35. The molecule has 0 unspecified atom stereocenters. The number of H-pyrrole nitrogens is 1. The first-order valence-electron chi connectivity index (χ1n) is 4.88. The van der Waals surface area contributed by atoms with Crippen LogP contribution in [0.4, 0.5) is 0 Å². The first-order valence-corrected chi connectivity index (χ1v) is 4.88. The van der Waals surface area contributed by atoms with Crippen molar-refractivity contribution in [1.29, 1.82) is 0 Å². The molecule has 1 heterocycles. The van der Waals surface area contributed by atoms with Gasteiger partial charge in [0.05, 0.1) is 0 Å². The minimum absolute atomic E-state index is 0.987. The first-order chi connectivity index (χ1) is 7.24. The lowest BCUT2D eigenvalue weighted by atomic mass is 10.2. The molecule has 0 amide bonds. The zero-order valence-electron chi connectivity index (χ0n) is 9.20. The molecule has 78 valence electrons. The van der Waals surface area contributed by atoms with Crippen LogP contribution in [0.1, 0.15) is 17.0 Å². The van der Waals surface area contributed by atoms with Crippen LogP contribution in [0.15, 0.2) is 43.3 Å². The molecular formula is C13H16N2. The highest BCUT2D eigenvalue weighted by Gasteiger charge is 1.88. The Morgan fingerprint density at radius 3 is 2.87 bits per heavy atom. The van der Waals surface area contributed by atoms with Gasteiger partial charge in [-0.15, -0.1) is 0 Å². The number of hydrogen-bond donors (Lipinski definition) is 1. The van der Waals surface area contributed by atoms with Crippen LogP contribution in [-0.2, 0) is 0 Å². The summed E-state index contributed by atoms with van der Waals surface area (Å²) in [7, 11) is 0. The van der Waals surface area contributed by atoms with Gasteiger partial charge in [0.25, 0.3) is 0 Å². The third-order valence-corrected chi connectivity index (χ3v) is 1.99. The minimum Gasteiger partial charge on any atom is -0.360 e. The van der Waals surface area contributed by atoms with Gasteiger partial charge >= 0.3 is 0 Å². The van der Waals surface area contributed by atoms with Crippen molar-refractivity contribution < 1.29 is 0 Å². The van der Waals surface area contributed by atoms with E-state index in [9.17, 15) is 0 Å². The quantitative estimate of drug-likeness (QED) is 0.729. The van der Waals surface area contributed by atoms with Crippen LogP contribution in [0.5, 0.6) is 0 Å². The number of aryl methyl sites for hydroxylation is 2. The Labute approximate surface area is 90.7 Å². The fraction of sp³-hybridized carbons (Fsp3) is 0.154. The number of aromatic nitrogens is 2. The van der Waals surface area contributed by atoms with Gasteiger partial charge in [0.2, 0.25) is 0 Å². The van der Waals surface area contributed by atoms with Crippen LogP contribution in [0.2, 0.25) is 0 Å².